The molecule has 0 unspecified atom stereocenters. The highest BCUT2D eigenvalue weighted by Gasteiger charge is 2.32. The molecule has 0 atom stereocenters. The zero-order valence-electron chi connectivity index (χ0n) is 22.5. The number of nitro groups is 2. The minimum Gasteiger partial charge on any atom is -0.258 e. The number of hydrogen-bond acceptors (Lipinski definition) is 10. The van der Waals surface area contributed by atoms with Crippen molar-refractivity contribution in [3.63, 3.8) is 0 Å². The topological polar surface area (TPSA) is 203 Å². The van der Waals surface area contributed by atoms with Crippen molar-refractivity contribution in [3.8, 4) is 11.4 Å². The Morgan fingerprint density at radius 1 is 0.872 bits per heavy atom. The van der Waals surface area contributed by atoms with Crippen LogP contribution in [0.2, 0.25) is 0 Å². The van der Waals surface area contributed by atoms with Crippen LogP contribution in [0.25, 0.3) is 11.4 Å². The molecule has 2 aliphatic rings. The van der Waals surface area contributed by atoms with Gasteiger partial charge in [-0.05, 0) is 81.6 Å². The zero-order chi connectivity index (χ0) is 30.5. The predicted molar refractivity (Wildman–Crippen MR) is 126 cm³/mol. The van der Waals surface area contributed by atoms with E-state index in [1.54, 1.807) is 0 Å². The third-order valence-corrected chi connectivity index (χ3v) is 6.13. The summed E-state index contributed by atoms with van der Waals surface area (Å²) in [6.07, 6.45) is 3.20. The maximum atomic E-state index is 13.8. The molecule has 0 radical (unpaired) electrons. The van der Waals surface area contributed by atoms with Gasteiger partial charge in [0.2, 0.25) is 11.6 Å². The van der Waals surface area contributed by atoms with E-state index in [0.29, 0.717) is 15.8 Å². The Labute approximate surface area is 219 Å². The molecule has 0 aliphatic heterocycles. The SMILES string of the molecule is O=c1[nH]nnn1-c1cc([N+](=O)[O-])c(F)cc1C1CC1.[2H]C([2H])([2H])n1nnn(-c2cc([N+](=O)[O-])c(F)cc2C2CC2)c1=O. The van der Waals surface area contributed by atoms with Crippen molar-refractivity contribution in [2.45, 2.75) is 37.5 Å². The molecule has 1 N–H and O–H groups in total. The quantitative estimate of drug-likeness (QED) is 0.274. The Kier molecular flexibility index (Phi) is 5.40. The van der Waals surface area contributed by atoms with Gasteiger partial charge in [-0.3, -0.25) is 20.2 Å². The van der Waals surface area contributed by atoms with E-state index in [0.717, 1.165) is 54.6 Å². The molecule has 39 heavy (non-hydrogen) atoms. The lowest BCUT2D eigenvalue weighted by Crippen LogP contribution is -2.23. The lowest BCUT2D eigenvalue weighted by atomic mass is 10.1. The van der Waals surface area contributed by atoms with E-state index < -0.39 is 51.2 Å². The fraction of sp³-hybridized carbons (Fsp3) is 0.333. The van der Waals surface area contributed by atoms with Crippen molar-refractivity contribution in [2.75, 3.05) is 0 Å². The second kappa shape index (κ2) is 9.62. The molecule has 0 bridgehead atoms. The molecular weight excluding hydrogens is 526 g/mol. The number of nitrogens with one attached hydrogen (secondary N) is 1. The number of rotatable bonds is 6. The second-order valence-electron chi connectivity index (χ2n) is 8.79. The molecule has 6 rings (SSSR count). The van der Waals surface area contributed by atoms with E-state index in [2.05, 4.69) is 26.0 Å². The summed E-state index contributed by atoms with van der Waals surface area (Å²) < 4.78 is 50.8. The molecule has 2 aromatic carbocycles. The molecule has 2 aliphatic carbocycles. The van der Waals surface area contributed by atoms with Gasteiger partial charge in [0.25, 0.3) is 0 Å². The first kappa shape index (κ1) is 21.9. The van der Waals surface area contributed by atoms with Crippen LogP contribution in [-0.2, 0) is 6.98 Å². The molecule has 0 saturated heterocycles. The van der Waals surface area contributed by atoms with Crippen LogP contribution < -0.4 is 11.4 Å². The minimum atomic E-state index is -2.83. The standard InChI is InChI=1S/C11H10FN5O3.C10H8FN5O3/c1-15-11(18)16(14-13-15)9-5-10(17(19)20)8(12)4-7(9)6-2-3-6;11-7-3-6(5-1-2-5)8(4-9(7)16(18)19)15-10(17)12-13-14-15/h4-6H,2-3H2,1H3;3-5H,1-2H2,(H,12,14,17)/i1D3;. The van der Waals surface area contributed by atoms with Gasteiger partial charge in [-0.25, -0.2) is 14.7 Å². The molecule has 202 valence electrons. The maximum Gasteiger partial charge on any atom is 0.368 e. The summed E-state index contributed by atoms with van der Waals surface area (Å²) in [5, 5.41) is 37.4. The normalized spacial score (nSPS) is 16.0. The Morgan fingerprint density at radius 2 is 1.38 bits per heavy atom. The van der Waals surface area contributed by atoms with Crippen molar-refractivity contribution in [1.82, 2.24) is 40.0 Å². The average molecular weight is 547 g/mol. The molecule has 16 nitrogen and oxygen atoms in total. The monoisotopic (exact) mass is 547 g/mol. The smallest absolute Gasteiger partial charge is 0.258 e. The van der Waals surface area contributed by atoms with Gasteiger partial charge in [0.15, 0.2) is 0 Å². The number of tetrazole rings is 2. The van der Waals surface area contributed by atoms with Crippen LogP contribution >= 0.6 is 0 Å². The molecule has 2 saturated carbocycles. The average Bonchev–Trinajstić information content (AvgIpc) is 3.84. The lowest BCUT2D eigenvalue weighted by Gasteiger charge is -2.07. The van der Waals surface area contributed by atoms with Crippen LogP contribution in [0.3, 0.4) is 0 Å². The highest BCUT2D eigenvalue weighted by molar-refractivity contribution is 5.53. The van der Waals surface area contributed by atoms with Gasteiger partial charge < -0.3 is 0 Å². The van der Waals surface area contributed by atoms with E-state index in [9.17, 15) is 38.6 Å². The first-order chi connectivity index (χ1) is 19.8. The third-order valence-electron chi connectivity index (χ3n) is 6.13. The molecule has 4 aromatic rings. The minimum absolute atomic E-state index is 0.0268. The largest absolute Gasteiger partial charge is 0.368 e. The molecule has 2 aromatic heterocycles. The highest BCUT2D eigenvalue weighted by atomic mass is 19.1. The predicted octanol–water partition coefficient (Wildman–Crippen LogP) is 1.77. The van der Waals surface area contributed by atoms with Crippen LogP contribution in [0.5, 0.6) is 0 Å². The van der Waals surface area contributed by atoms with Gasteiger partial charge in [-0.1, -0.05) is 0 Å². The van der Waals surface area contributed by atoms with Gasteiger partial charge in [0, 0.05) is 23.2 Å². The van der Waals surface area contributed by atoms with Crippen LogP contribution in [0.1, 0.15) is 52.8 Å². The van der Waals surface area contributed by atoms with Crippen LogP contribution in [0.15, 0.2) is 33.9 Å². The maximum absolute atomic E-state index is 13.8. The molecule has 2 heterocycles. The summed E-state index contributed by atoms with van der Waals surface area (Å²) in [6, 6.07) is 3.99. The molecular formula is C21H18F2N10O6. The van der Waals surface area contributed by atoms with E-state index in [4.69, 9.17) is 4.11 Å². The second-order valence-corrected chi connectivity index (χ2v) is 8.79. The Bertz CT molecular complexity index is 1840. The van der Waals surface area contributed by atoms with Crippen molar-refractivity contribution >= 4 is 11.4 Å². The number of halogens is 2. The van der Waals surface area contributed by atoms with Crippen LogP contribution in [0.4, 0.5) is 20.2 Å². The molecule has 0 spiro atoms. The summed E-state index contributed by atoms with van der Waals surface area (Å²) in [7, 11) is 0. The Balaban J connectivity index is 0.000000171. The fourth-order valence-corrected chi connectivity index (χ4v) is 3.97. The van der Waals surface area contributed by atoms with Gasteiger partial charge >= 0.3 is 22.8 Å². The number of nitro benzene ring substituents is 2. The summed E-state index contributed by atoms with van der Waals surface area (Å²) >= 11 is 0. The van der Waals surface area contributed by atoms with Crippen LogP contribution in [0, 0.1) is 31.9 Å². The Hall–Kier alpha value is -5.16. The number of aryl methyl sites for hydroxylation is 1. The van der Waals surface area contributed by atoms with Gasteiger partial charge in [0.1, 0.15) is 0 Å². The number of nitrogens with zero attached hydrogens (tertiary/aromatic N) is 9. The van der Waals surface area contributed by atoms with Gasteiger partial charge in [0.05, 0.1) is 21.2 Å². The molecule has 18 heteroatoms. The van der Waals surface area contributed by atoms with Crippen molar-refractivity contribution in [1.29, 1.82) is 0 Å². The van der Waals surface area contributed by atoms with E-state index in [1.807, 2.05) is 0 Å². The fourth-order valence-electron chi connectivity index (χ4n) is 3.97. The van der Waals surface area contributed by atoms with Gasteiger partial charge in [-0.15, -0.1) is 0 Å². The van der Waals surface area contributed by atoms with Crippen molar-refractivity contribution < 1.29 is 22.7 Å². The number of benzene rings is 2. The van der Waals surface area contributed by atoms with Crippen molar-refractivity contribution in [3.05, 3.63) is 88.2 Å². The summed E-state index contributed by atoms with van der Waals surface area (Å²) in [5.41, 5.74) is -2.12. The first-order valence-electron chi connectivity index (χ1n) is 12.8. The summed E-state index contributed by atoms with van der Waals surface area (Å²) in [5.74, 6) is -1.87. The highest BCUT2D eigenvalue weighted by Crippen LogP contribution is 2.44. The van der Waals surface area contributed by atoms with E-state index in [1.165, 1.54) is 0 Å². The van der Waals surface area contributed by atoms with Crippen LogP contribution in [-0.4, -0.2) is 49.8 Å². The zero-order valence-corrected chi connectivity index (χ0v) is 19.5. The number of aromatic amines is 1. The number of hydrogen-bond donors (Lipinski definition) is 1. The summed E-state index contributed by atoms with van der Waals surface area (Å²) in [6.45, 7) is -2.83. The first-order valence-corrected chi connectivity index (χ1v) is 11.3. The van der Waals surface area contributed by atoms with E-state index in [-0.39, 0.29) is 27.9 Å². The Morgan fingerprint density at radius 3 is 1.77 bits per heavy atom. The lowest BCUT2D eigenvalue weighted by molar-refractivity contribution is -0.387. The molecule has 0 amide bonds. The number of H-pyrrole nitrogens is 1. The molecule has 2 fully saturated rings. The number of aromatic nitrogens is 8. The van der Waals surface area contributed by atoms with E-state index >= 15 is 0 Å². The van der Waals surface area contributed by atoms with Crippen molar-refractivity contribution in [2.24, 2.45) is 6.98 Å². The third kappa shape index (κ3) is 4.90. The summed E-state index contributed by atoms with van der Waals surface area (Å²) in [4.78, 5) is 43.6. The van der Waals surface area contributed by atoms with Gasteiger partial charge in [-0.2, -0.15) is 22.8 Å².